The van der Waals surface area contributed by atoms with Gasteiger partial charge in [0.15, 0.2) is 0 Å². The molecule has 0 saturated carbocycles. The van der Waals surface area contributed by atoms with Crippen LogP contribution in [0.25, 0.3) is 17.1 Å². The van der Waals surface area contributed by atoms with E-state index in [9.17, 15) is 4.79 Å². The summed E-state index contributed by atoms with van der Waals surface area (Å²) >= 11 is 0. The number of hydrogen-bond donors (Lipinski definition) is 2. The Morgan fingerprint density at radius 3 is 2.75 bits per heavy atom. The Hall–Kier alpha value is -3.28. The number of amides is 1. The smallest absolute Gasteiger partial charge is 0.250 e. The van der Waals surface area contributed by atoms with E-state index in [2.05, 4.69) is 15.3 Å². The molecule has 0 spiro atoms. The van der Waals surface area contributed by atoms with Gasteiger partial charge in [-0.2, -0.15) is 0 Å². The summed E-state index contributed by atoms with van der Waals surface area (Å²) in [6.45, 7) is 0. The van der Waals surface area contributed by atoms with Crippen molar-refractivity contribution in [2.45, 2.75) is 0 Å². The van der Waals surface area contributed by atoms with E-state index in [0.29, 0.717) is 17.4 Å². The highest BCUT2D eigenvalue weighted by Gasteiger charge is 2.06. The Labute approximate surface area is 139 Å². The highest BCUT2D eigenvalue weighted by Crippen LogP contribution is 2.25. The summed E-state index contributed by atoms with van der Waals surface area (Å²) in [5.74, 6) is 1.46. The summed E-state index contributed by atoms with van der Waals surface area (Å²) in [4.78, 5) is 19.4. The molecule has 1 heterocycles. The van der Waals surface area contributed by atoms with Gasteiger partial charge in [0.05, 0.1) is 25.3 Å². The highest BCUT2D eigenvalue weighted by atomic mass is 16.5. The minimum Gasteiger partial charge on any atom is -0.497 e. The van der Waals surface area contributed by atoms with Crippen LogP contribution in [-0.2, 0) is 4.79 Å². The Kier molecular flexibility index (Phi) is 4.47. The molecule has 0 radical (unpaired) electrons. The Morgan fingerprint density at radius 1 is 1.17 bits per heavy atom. The van der Waals surface area contributed by atoms with Crippen LogP contribution in [0, 0.1) is 0 Å². The number of H-pyrrole nitrogens is 1. The van der Waals surface area contributed by atoms with Gasteiger partial charge in [-0.15, -0.1) is 0 Å². The fraction of sp³-hybridized carbons (Fsp3) is 0.111. The zero-order chi connectivity index (χ0) is 16.9. The van der Waals surface area contributed by atoms with E-state index in [1.165, 1.54) is 6.08 Å². The normalized spacial score (nSPS) is 10.9. The molecule has 0 fully saturated rings. The largest absolute Gasteiger partial charge is 0.497 e. The first-order valence-corrected chi connectivity index (χ1v) is 7.35. The number of hydrogen-bond acceptors (Lipinski definition) is 4. The van der Waals surface area contributed by atoms with Crippen LogP contribution < -0.4 is 14.8 Å². The number of rotatable bonds is 5. The van der Waals surface area contributed by atoms with Gasteiger partial charge in [-0.05, 0) is 36.4 Å². The molecule has 0 aliphatic heterocycles. The molecule has 0 aliphatic rings. The molecule has 0 saturated heterocycles. The number of anilines is 1. The SMILES string of the molecule is COc1ccc(OC)c(/C=C/C(=O)Nc2nc3ccccc3[nH]2)c1. The lowest BCUT2D eigenvalue weighted by Gasteiger charge is -2.07. The number of para-hydroxylation sites is 2. The molecule has 1 amide bonds. The molecule has 0 aliphatic carbocycles. The second-order valence-electron chi connectivity index (χ2n) is 5.03. The summed E-state index contributed by atoms with van der Waals surface area (Å²) in [5, 5.41) is 2.70. The van der Waals surface area contributed by atoms with Crippen molar-refractivity contribution < 1.29 is 14.3 Å². The monoisotopic (exact) mass is 323 g/mol. The summed E-state index contributed by atoms with van der Waals surface area (Å²) < 4.78 is 10.5. The van der Waals surface area contributed by atoms with Crippen LogP contribution in [0.3, 0.4) is 0 Å². The minimum absolute atomic E-state index is 0.293. The second-order valence-corrected chi connectivity index (χ2v) is 5.03. The third-order valence-corrected chi connectivity index (χ3v) is 3.48. The average molecular weight is 323 g/mol. The van der Waals surface area contributed by atoms with Gasteiger partial charge in [0, 0.05) is 11.6 Å². The number of aromatic amines is 1. The first-order valence-electron chi connectivity index (χ1n) is 7.35. The zero-order valence-electron chi connectivity index (χ0n) is 13.4. The predicted octanol–water partition coefficient (Wildman–Crippen LogP) is 3.23. The van der Waals surface area contributed by atoms with Crippen molar-refractivity contribution in [2.75, 3.05) is 19.5 Å². The summed E-state index contributed by atoms with van der Waals surface area (Å²) in [6.07, 6.45) is 3.09. The van der Waals surface area contributed by atoms with Gasteiger partial charge < -0.3 is 14.5 Å². The molecule has 2 aromatic carbocycles. The van der Waals surface area contributed by atoms with Gasteiger partial charge in [-0.3, -0.25) is 10.1 Å². The number of ether oxygens (including phenoxy) is 2. The first kappa shape index (κ1) is 15.6. The molecule has 6 nitrogen and oxygen atoms in total. The lowest BCUT2D eigenvalue weighted by molar-refractivity contribution is -0.111. The number of carbonyl (C=O) groups is 1. The minimum atomic E-state index is -0.293. The van der Waals surface area contributed by atoms with Crippen LogP contribution in [-0.4, -0.2) is 30.1 Å². The van der Waals surface area contributed by atoms with Crippen molar-refractivity contribution in [1.29, 1.82) is 0 Å². The van der Waals surface area contributed by atoms with E-state index >= 15 is 0 Å². The van der Waals surface area contributed by atoms with Gasteiger partial charge in [-0.25, -0.2) is 4.98 Å². The van der Waals surface area contributed by atoms with Crippen molar-refractivity contribution in [2.24, 2.45) is 0 Å². The molecule has 3 aromatic rings. The van der Waals surface area contributed by atoms with E-state index < -0.39 is 0 Å². The molecule has 24 heavy (non-hydrogen) atoms. The fourth-order valence-corrected chi connectivity index (χ4v) is 2.31. The molecule has 1 aromatic heterocycles. The maximum atomic E-state index is 12.1. The van der Waals surface area contributed by atoms with Gasteiger partial charge in [0.2, 0.25) is 5.95 Å². The van der Waals surface area contributed by atoms with Crippen molar-refractivity contribution >= 4 is 29.0 Å². The number of imidazole rings is 1. The molecule has 6 heteroatoms. The number of nitrogens with one attached hydrogen (secondary N) is 2. The standard InChI is InChI=1S/C18H17N3O3/c1-23-13-8-9-16(24-2)12(11-13)7-10-17(22)21-18-19-14-5-3-4-6-15(14)20-18/h3-11H,1-2H3,(H2,19,20,21,22)/b10-7+. The predicted molar refractivity (Wildman–Crippen MR) is 93.3 cm³/mol. The number of fused-ring (bicyclic) bond motifs is 1. The van der Waals surface area contributed by atoms with E-state index in [0.717, 1.165) is 16.6 Å². The molecule has 3 rings (SSSR count). The Balaban J connectivity index is 1.75. The number of aromatic nitrogens is 2. The van der Waals surface area contributed by atoms with Crippen LogP contribution in [0.4, 0.5) is 5.95 Å². The number of nitrogens with zero attached hydrogens (tertiary/aromatic N) is 1. The molecule has 122 valence electrons. The van der Waals surface area contributed by atoms with Crippen molar-refractivity contribution in [1.82, 2.24) is 9.97 Å². The quantitative estimate of drug-likeness (QED) is 0.707. The van der Waals surface area contributed by atoms with Crippen LogP contribution >= 0.6 is 0 Å². The van der Waals surface area contributed by atoms with E-state index in [4.69, 9.17) is 9.47 Å². The molecular weight excluding hydrogens is 306 g/mol. The maximum absolute atomic E-state index is 12.1. The van der Waals surface area contributed by atoms with Crippen LogP contribution in [0.1, 0.15) is 5.56 Å². The number of benzene rings is 2. The molecule has 0 unspecified atom stereocenters. The summed E-state index contributed by atoms with van der Waals surface area (Å²) in [5.41, 5.74) is 2.41. The van der Waals surface area contributed by atoms with Gasteiger partial charge in [0.25, 0.3) is 5.91 Å². The topological polar surface area (TPSA) is 76.2 Å². The van der Waals surface area contributed by atoms with E-state index in [-0.39, 0.29) is 5.91 Å². The average Bonchev–Trinajstić information content (AvgIpc) is 3.01. The van der Waals surface area contributed by atoms with Crippen molar-refractivity contribution in [3.05, 3.63) is 54.1 Å². The van der Waals surface area contributed by atoms with Crippen LogP contribution in [0.5, 0.6) is 11.5 Å². The van der Waals surface area contributed by atoms with Gasteiger partial charge in [-0.1, -0.05) is 12.1 Å². The van der Waals surface area contributed by atoms with Crippen molar-refractivity contribution in [3.63, 3.8) is 0 Å². The Bertz CT molecular complexity index is 866. The van der Waals surface area contributed by atoms with Crippen LogP contribution in [0.15, 0.2) is 48.5 Å². The number of methoxy groups -OCH3 is 2. The van der Waals surface area contributed by atoms with Gasteiger partial charge in [0.1, 0.15) is 11.5 Å². The highest BCUT2D eigenvalue weighted by molar-refractivity contribution is 6.01. The molecule has 2 N–H and O–H groups in total. The molecule has 0 bridgehead atoms. The Morgan fingerprint density at radius 2 is 2.00 bits per heavy atom. The fourth-order valence-electron chi connectivity index (χ4n) is 2.31. The number of carbonyl (C=O) groups excluding carboxylic acids is 1. The molecule has 0 atom stereocenters. The summed E-state index contributed by atoms with van der Waals surface area (Å²) in [7, 11) is 3.16. The zero-order valence-corrected chi connectivity index (χ0v) is 13.4. The lowest BCUT2D eigenvalue weighted by atomic mass is 10.1. The van der Waals surface area contributed by atoms with E-state index in [1.807, 2.05) is 24.3 Å². The summed E-state index contributed by atoms with van der Waals surface area (Å²) in [6, 6.07) is 12.9. The van der Waals surface area contributed by atoms with E-state index in [1.54, 1.807) is 38.5 Å². The third-order valence-electron chi connectivity index (χ3n) is 3.48. The second kappa shape index (κ2) is 6.87. The lowest BCUT2D eigenvalue weighted by Crippen LogP contribution is -2.08. The molecular formula is C18H17N3O3. The maximum Gasteiger partial charge on any atom is 0.250 e. The van der Waals surface area contributed by atoms with Crippen LogP contribution in [0.2, 0.25) is 0 Å². The third kappa shape index (κ3) is 3.38. The van der Waals surface area contributed by atoms with Gasteiger partial charge >= 0.3 is 0 Å². The first-order chi connectivity index (χ1) is 11.7. The van der Waals surface area contributed by atoms with Crippen molar-refractivity contribution in [3.8, 4) is 11.5 Å².